The minimum atomic E-state index is -0.0900. The molecule has 0 spiro atoms. The number of benzene rings is 2. The van der Waals surface area contributed by atoms with Crippen LogP contribution in [0.15, 0.2) is 61.1 Å². The maximum atomic E-state index is 9.15. The zero-order valence-corrected chi connectivity index (χ0v) is 14.2. The summed E-state index contributed by atoms with van der Waals surface area (Å²) in [5.74, 6) is 0.572. The van der Waals surface area contributed by atoms with Crippen molar-refractivity contribution < 1.29 is 5.11 Å². The number of aromatic nitrogens is 4. The number of nitrogens with one attached hydrogen (secondary N) is 1. The molecule has 2 N–H and O–H groups in total. The Labute approximate surface area is 151 Å². The van der Waals surface area contributed by atoms with Crippen LogP contribution in [-0.4, -0.2) is 24.6 Å². The molecule has 4 aromatic rings. The molecule has 0 bridgehead atoms. The zero-order valence-electron chi connectivity index (χ0n) is 12.6. The Kier molecular flexibility index (Phi) is 5.62. The normalized spacial score (nSPS) is 10.2. The number of H-pyrrole nitrogens is 1. The molecule has 0 aliphatic heterocycles. The van der Waals surface area contributed by atoms with Gasteiger partial charge in [0.1, 0.15) is 12.4 Å². The molecular weight excluding hydrogens is 347 g/mol. The van der Waals surface area contributed by atoms with Gasteiger partial charge in [0, 0.05) is 17.4 Å². The summed E-state index contributed by atoms with van der Waals surface area (Å²) >= 11 is 0. The molecule has 2 heterocycles. The molecule has 0 aliphatic rings. The van der Waals surface area contributed by atoms with Crippen molar-refractivity contribution in [2.24, 2.45) is 0 Å². The summed E-state index contributed by atoms with van der Waals surface area (Å²) in [6, 6.07) is 16.0. The first-order valence-corrected chi connectivity index (χ1v) is 7.03. The summed E-state index contributed by atoms with van der Waals surface area (Å²) in [7, 11) is 0. The van der Waals surface area contributed by atoms with E-state index in [1.807, 2.05) is 59.3 Å². The third kappa shape index (κ3) is 3.28. The van der Waals surface area contributed by atoms with Crippen LogP contribution in [0.2, 0.25) is 0 Å². The van der Waals surface area contributed by atoms with Crippen molar-refractivity contribution >= 4 is 35.8 Å². The van der Waals surface area contributed by atoms with Gasteiger partial charge in [-0.1, -0.05) is 30.3 Å². The third-order valence-electron chi connectivity index (χ3n) is 3.61. The minimum Gasteiger partial charge on any atom is -0.388 e. The summed E-state index contributed by atoms with van der Waals surface area (Å²) in [6.45, 7) is -0.0900. The Balaban J connectivity index is 0.00000104. The number of nitrogens with zero attached hydrogens (tertiary/aromatic N) is 3. The molecule has 0 saturated heterocycles. The predicted molar refractivity (Wildman–Crippen MR) is 99.1 cm³/mol. The van der Waals surface area contributed by atoms with Gasteiger partial charge in [-0.2, -0.15) is 0 Å². The number of fused-ring (bicyclic) bond motifs is 1. The van der Waals surface area contributed by atoms with Crippen LogP contribution in [0.3, 0.4) is 0 Å². The van der Waals surface area contributed by atoms with Crippen molar-refractivity contribution in [3.63, 3.8) is 0 Å². The fourth-order valence-corrected chi connectivity index (χ4v) is 2.51. The lowest BCUT2D eigenvalue weighted by molar-refractivity contribution is 0.273. The fraction of sp³-hybridized carbons (Fsp3) is 0.0588. The Morgan fingerprint density at radius 1 is 1.04 bits per heavy atom. The highest BCUT2D eigenvalue weighted by atomic mass is 35.5. The Hall–Kier alpha value is -2.34. The van der Waals surface area contributed by atoms with Crippen LogP contribution in [-0.2, 0) is 6.61 Å². The first kappa shape index (κ1) is 18.0. The molecule has 0 radical (unpaired) electrons. The SMILES string of the molecule is Cl.Cl.OCc1nc2ccc(-n3cnc(-c4ccccc4)c3)cc2[nH]1. The van der Waals surface area contributed by atoms with Crippen molar-refractivity contribution in [2.75, 3.05) is 0 Å². The van der Waals surface area contributed by atoms with Crippen molar-refractivity contribution in [1.29, 1.82) is 0 Å². The summed E-state index contributed by atoms with van der Waals surface area (Å²) < 4.78 is 1.97. The molecule has 2 aromatic carbocycles. The van der Waals surface area contributed by atoms with Crippen LogP contribution < -0.4 is 0 Å². The Bertz CT molecular complexity index is 934. The molecule has 0 unspecified atom stereocenters. The van der Waals surface area contributed by atoms with Gasteiger partial charge in [-0.25, -0.2) is 9.97 Å². The molecule has 4 rings (SSSR count). The number of halogens is 2. The van der Waals surface area contributed by atoms with E-state index in [0.29, 0.717) is 5.82 Å². The van der Waals surface area contributed by atoms with Crippen molar-refractivity contribution in [2.45, 2.75) is 6.61 Å². The lowest BCUT2D eigenvalue weighted by atomic mass is 10.2. The highest BCUT2D eigenvalue weighted by Crippen LogP contribution is 2.21. The number of aliphatic hydroxyl groups excluding tert-OH is 1. The Morgan fingerprint density at radius 3 is 2.58 bits per heavy atom. The second-order valence-electron chi connectivity index (χ2n) is 5.08. The molecule has 5 nitrogen and oxygen atoms in total. The topological polar surface area (TPSA) is 66.7 Å². The number of hydrogen-bond acceptors (Lipinski definition) is 3. The lowest BCUT2D eigenvalue weighted by Gasteiger charge is -2.01. The van der Waals surface area contributed by atoms with Crippen molar-refractivity contribution in [3.8, 4) is 16.9 Å². The van der Waals surface area contributed by atoms with E-state index >= 15 is 0 Å². The van der Waals surface area contributed by atoms with Crippen molar-refractivity contribution in [1.82, 2.24) is 19.5 Å². The lowest BCUT2D eigenvalue weighted by Crippen LogP contribution is -1.89. The number of rotatable bonds is 3. The van der Waals surface area contributed by atoms with E-state index in [4.69, 9.17) is 5.11 Å². The van der Waals surface area contributed by atoms with Gasteiger partial charge in [-0.15, -0.1) is 24.8 Å². The van der Waals surface area contributed by atoms with Crippen LogP contribution in [0.4, 0.5) is 0 Å². The monoisotopic (exact) mass is 362 g/mol. The van der Waals surface area contributed by atoms with E-state index in [1.54, 1.807) is 6.33 Å². The fourth-order valence-electron chi connectivity index (χ4n) is 2.51. The highest BCUT2D eigenvalue weighted by Gasteiger charge is 2.06. The van der Waals surface area contributed by atoms with Crippen LogP contribution >= 0.6 is 24.8 Å². The third-order valence-corrected chi connectivity index (χ3v) is 3.61. The van der Waals surface area contributed by atoms with Crippen LogP contribution in [0.25, 0.3) is 28.0 Å². The maximum Gasteiger partial charge on any atom is 0.133 e. The second-order valence-corrected chi connectivity index (χ2v) is 5.08. The largest absolute Gasteiger partial charge is 0.388 e. The molecule has 7 heteroatoms. The van der Waals surface area contributed by atoms with Gasteiger partial charge < -0.3 is 14.7 Å². The first-order valence-electron chi connectivity index (χ1n) is 7.03. The zero-order chi connectivity index (χ0) is 14.9. The van der Waals surface area contributed by atoms with Gasteiger partial charge in [-0.05, 0) is 18.2 Å². The highest BCUT2D eigenvalue weighted by molar-refractivity contribution is 5.85. The predicted octanol–water partition coefficient (Wildman–Crippen LogP) is 3.75. The van der Waals surface area contributed by atoms with Crippen molar-refractivity contribution in [3.05, 3.63) is 66.9 Å². The molecular formula is C17H16Cl2N4O. The quantitative estimate of drug-likeness (QED) is 0.583. The van der Waals surface area contributed by atoms with E-state index in [9.17, 15) is 0 Å². The molecule has 0 saturated carbocycles. The van der Waals surface area contributed by atoms with E-state index in [1.165, 1.54) is 0 Å². The first-order chi connectivity index (χ1) is 10.8. The van der Waals surface area contributed by atoms with Gasteiger partial charge in [-0.3, -0.25) is 0 Å². The van der Waals surface area contributed by atoms with Gasteiger partial charge in [0.2, 0.25) is 0 Å². The second kappa shape index (κ2) is 7.49. The minimum absolute atomic E-state index is 0. The molecule has 24 heavy (non-hydrogen) atoms. The number of imidazole rings is 2. The van der Waals surface area contributed by atoms with Gasteiger partial charge in [0.25, 0.3) is 0 Å². The number of hydrogen-bond donors (Lipinski definition) is 2. The molecule has 0 fully saturated rings. The number of aliphatic hydroxyl groups is 1. The van der Waals surface area contributed by atoms with Crippen LogP contribution in [0, 0.1) is 0 Å². The van der Waals surface area contributed by atoms with E-state index in [2.05, 4.69) is 15.0 Å². The van der Waals surface area contributed by atoms with E-state index < -0.39 is 0 Å². The summed E-state index contributed by atoms with van der Waals surface area (Å²) in [4.78, 5) is 11.8. The smallest absolute Gasteiger partial charge is 0.133 e. The average molecular weight is 363 g/mol. The van der Waals surface area contributed by atoms with E-state index in [0.717, 1.165) is 28.0 Å². The summed E-state index contributed by atoms with van der Waals surface area (Å²) in [5.41, 5.74) is 4.76. The molecule has 0 amide bonds. The maximum absolute atomic E-state index is 9.15. The average Bonchev–Trinajstić information content (AvgIpc) is 3.21. The van der Waals surface area contributed by atoms with Gasteiger partial charge in [0.05, 0.1) is 23.1 Å². The number of aromatic amines is 1. The van der Waals surface area contributed by atoms with E-state index in [-0.39, 0.29) is 31.4 Å². The summed E-state index contributed by atoms with van der Waals surface area (Å²) in [5, 5.41) is 9.15. The van der Waals surface area contributed by atoms with Gasteiger partial charge >= 0.3 is 0 Å². The van der Waals surface area contributed by atoms with Gasteiger partial charge in [0.15, 0.2) is 0 Å². The molecule has 2 aromatic heterocycles. The van der Waals surface area contributed by atoms with Crippen LogP contribution in [0.5, 0.6) is 0 Å². The molecule has 124 valence electrons. The van der Waals surface area contributed by atoms with Crippen LogP contribution in [0.1, 0.15) is 5.82 Å². The Morgan fingerprint density at radius 2 is 1.83 bits per heavy atom. The molecule has 0 aliphatic carbocycles. The molecule has 0 atom stereocenters. The standard InChI is InChI=1S/C17H14N4O.2ClH/c22-10-17-19-14-7-6-13(8-15(14)20-17)21-9-16(18-11-21)12-4-2-1-3-5-12;;/h1-9,11,22H,10H2,(H,19,20);2*1H. The summed E-state index contributed by atoms with van der Waals surface area (Å²) in [6.07, 6.45) is 3.80.